The molecule has 3 rings (SSSR count). The summed E-state index contributed by atoms with van der Waals surface area (Å²) in [6, 6.07) is 9.08. The van der Waals surface area contributed by atoms with Crippen LogP contribution in [0.25, 0.3) is 0 Å². The second-order valence-corrected chi connectivity index (χ2v) is 6.29. The molecule has 0 bridgehead atoms. The SMILES string of the molecule is Cc1cc(NC(=O)C(C)(O)COc2ccc3c(c2)OCO3)ccc1[N+](=O)[O-]. The van der Waals surface area contributed by atoms with Gasteiger partial charge < -0.3 is 24.6 Å². The Balaban J connectivity index is 1.63. The van der Waals surface area contributed by atoms with Gasteiger partial charge in [0.15, 0.2) is 17.1 Å². The number of carbonyl (C=O) groups excluding carboxylic acids is 1. The van der Waals surface area contributed by atoms with Crippen LogP contribution in [0.3, 0.4) is 0 Å². The molecule has 1 aliphatic heterocycles. The quantitative estimate of drug-likeness (QED) is 0.588. The van der Waals surface area contributed by atoms with Crippen molar-refractivity contribution >= 4 is 17.3 Å². The summed E-state index contributed by atoms with van der Waals surface area (Å²) in [5, 5.41) is 23.8. The second-order valence-electron chi connectivity index (χ2n) is 6.29. The predicted molar refractivity (Wildman–Crippen MR) is 95.1 cm³/mol. The second kappa shape index (κ2) is 7.12. The molecule has 2 aromatic rings. The van der Waals surface area contributed by atoms with Crippen molar-refractivity contribution in [2.24, 2.45) is 0 Å². The standard InChI is InChI=1S/C18H18N2O7/c1-11-7-12(3-5-14(11)20(23)24)19-17(21)18(2,22)9-25-13-4-6-15-16(8-13)27-10-26-15/h3-8,22H,9-10H2,1-2H3,(H,19,21). The summed E-state index contributed by atoms with van der Waals surface area (Å²) >= 11 is 0. The first-order valence-electron chi connectivity index (χ1n) is 8.07. The molecule has 1 heterocycles. The first-order chi connectivity index (χ1) is 12.8. The first kappa shape index (κ1) is 18.5. The molecule has 2 N–H and O–H groups in total. The molecule has 0 radical (unpaired) electrons. The lowest BCUT2D eigenvalue weighted by molar-refractivity contribution is -0.385. The molecule has 9 nitrogen and oxygen atoms in total. The normalized spacial score (nSPS) is 14.3. The third kappa shape index (κ3) is 4.09. The van der Waals surface area contributed by atoms with Crippen LogP contribution >= 0.6 is 0 Å². The van der Waals surface area contributed by atoms with E-state index < -0.39 is 16.4 Å². The summed E-state index contributed by atoms with van der Waals surface area (Å²) in [4.78, 5) is 22.7. The van der Waals surface area contributed by atoms with Gasteiger partial charge >= 0.3 is 0 Å². The van der Waals surface area contributed by atoms with Crippen molar-refractivity contribution in [3.05, 3.63) is 52.1 Å². The molecule has 1 unspecified atom stereocenters. The van der Waals surface area contributed by atoms with Crippen LogP contribution in [0, 0.1) is 17.0 Å². The zero-order chi connectivity index (χ0) is 19.6. The van der Waals surface area contributed by atoms with Gasteiger partial charge in [0, 0.05) is 23.4 Å². The number of fused-ring (bicyclic) bond motifs is 1. The number of carbonyl (C=O) groups is 1. The fourth-order valence-electron chi connectivity index (χ4n) is 2.46. The van der Waals surface area contributed by atoms with Crippen LogP contribution in [0.15, 0.2) is 36.4 Å². The van der Waals surface area contributed by atoms with E-state index >= 15 is 0 Å². The summed E-state index contributed by atoms with van der Waals surface area (Å²) in [7, 11) is 0. The number of nitro benzene ring substituents is 1. The van der Waals surface area contributed by atoms with Crippen LogP contribution in [0.5, 0.6) is 17.2 Å². The van der Waals surface area contributed by atoms with Gasteiger partial charge in [0.2, 0.25) is 6.79 Å². The van der Waals surface area contributed by atoms with E-state index in [0.29, 0.717) is 28.5 Å². The Labute approximate surface area is 154 Å². The lowest BCUT2D eigenvalue weighted by Gasteiger charge is -2.22. The van der Waals surface area contributed by atoms with E-state index in [2.05, 4.69) is 5.32 Å². The Hall–Kier alpha value is -3.33. The van der Waals surface area contributed by atoms with Crippen molar-refractivity contribution in [2.45, 2.75) is 19.4 Å². The van der Waals surface area contributed by atoms with Crippen molar-refractivity contribution in [3.63, 3.8) is 0 Å². The Morgan fingerprint density at radius 3 is 2.74 bits per heavy atom. The van der Waals surface area contributed by atoms with E-state index in [9.17, 15) is 20.0 Å². The van der Waals surface area contributed by atoms with Crippen molar-refractivity contribution in [1.29, 1.82) is 0 Å². The number of hydrogen-bond acceptors (Lipinski definition) is 7. The monoisotopic (exact) mass is 374 g/mol. The molecule has 0 saturated heterocycles. The fraction of sp³-hybridized carbons (Fsp3) is 0.278. The average Bonchev–Trinajstić information content (AvgIpc) is 3.07. The number of nitrogens with zero attached hydrogens (tertiary/aromatic N) is 1. The van der Waals surface area contributed by atoms with Crippen molar-refractivity contribution in [2.75, 3.05) is 18.7 Å². The summed E-state index contributed by atoms with van der Waals surface area (Å²) in [6.45, 7) is 2.71. The molecule has 9 heteroatoms. The minimum atomic E-state index is -1.83. The van der Waals surface area contributed by atoms with Gasteiger partial charge in [-0.05, 0) is 38.1 Å². The van der Waals surface area contributed by atoms with Crippen LogP contribution in [-0.4, -0.2) is 34.9 Å². The molecule has 0 aliphatic carbocycles. The number of aliphatic hydroxyl groups is 1. The molecule has 0 fully saturated rings. The van der Waals surface area contributed by atoms with Gasteiger partial charge in [0.25, 0.3) is 11.6 Å². The van der Waals surface area contributed by atoms with Crippen LogP contribution < -0.4 is 19.5 Å². The lowest BCUT2D eigenvalue weighted by Crippen LogP contribution is -2.45. The molecule has 0 aromatic heterocycles. The van der Waals surface area contributed by atoms with Crippen LogP contribution in [-0.2, 0) is 4.79 Å². The summed E-state index contributed by atoms with van der Waals surface area (Å²) in [6.07, 6.45) is 0. The number of amides is 1. The molecule has 1 amide bonds. The molecule has 1 aliphatic rings. The Morgan fingerprint density at radius 2 is 2.04 bits per heavy atom. The number of anilines is 1. The van der Waals surface area contributed by atoms with Crippen LogP contribution in [0.1, 0.15) is 12.5 Å². The highest BCUT2D eigenvalue weighted by atomic mass is 16.7. The highest BCUT2D eigenvalue weighted by Gasteiger charge is 2.32. The topological polar surface area (TPSA) is 120 Å². The van der Waals surface area contributed by atoms with Gasteiger partial charge in [-0.2, -0.15) is 0 Å². The zero-order valence-corrected chi connectivity index (χ0v) is 14.7. The van der Waals surface area contributed by atoms with Gasteiger partial charge in [0.1, 0.15) is 12.4 Å². The first-order valence-corrected chi connectivity index (χ1v) is 8.07. The Bertz CT molecular complexity index is 895. The maximum absolute atomic E-state index is 12.4. The number of hydrogen-bond donors (Lipinski definition) is 2. The Kier molecular flexibility index (Phi) is 4.87. The van der Waals surface area contributed by atoms with E-state index in [1.165, 1.54) is 25.1 Å². The lowest BCUT2D eigenvalue weighted by atomic mass is 10.1. The number of nitrogens with one attached hydrogen (secondary N) is 1. The molecule has 0 spiro atoms. The fourth-order valence-corrected chi connectivity index (χ4v) is 2.46. The molecule has 1 atom stereocenters. The highest BCUT2D eigenvalue weighted by molar-refractivity contribution is 5.97. The van der Waals surface area contributed by atoms with Crippen molar-refractivity contribution < 1.29 is 29.0 Å². The molecule has 2 aromatic carbocycles. The van der Waals surface area contributed by atoms with E-state index in [-0.39, 0.29) is 19.1 Å². The summed E-state index contributed by atoms with van der Waals surface area (Å²) in [5.74, 6) is 0.841. The summed E-state index contributed by atoms with van der Waals surface area (Å²) in [5.41, 5.74) is -1.14. The van der Waals surface area contributed by atoms with E-state index in [4.69, 9.17) is 14.2 Å². The third-order valence-corrected chi connectivity index (χ3v) is 4.00. The van der Waals surface area contributed by atoms with Crippen molar-refractivity contribution in [3.8, 4) is 17.2 Å². The number of aryl methyl sites for hydroxylation is 1. The van der Waals surface area contributed by atoms with Gasteiger partial charge in [-0.25, -0.2) is 0 Å². The van der Waals surface area contributed by atoms with Gasteiger partial charge in [0.05, 0.1) is 4.92 Å². The minimum Gasteiger partial charge on any atom is -0.490 e. The highest BCUT2D eigenvalue weighted by Crippen LogP contribution is 2.35. The number of nitro groups is 1. The molecular formula is C18H18N2O7. The minimum absolute atomic E-state index is 0.0501. The van der Waals surface area contributed by atoms with Crippen molar-refractivity contribution in [1.82, 2.24) is 0 Å². The van der Waals surface area contributed by atoms with E-state index in [0.717, 1.165) is 0 Å². The maximum atomic E-state index is 12.4. The molecular weight excluding hydrogens is 356 g/mol. The number of ether oxygens (including phenoxy) is 3. The van der Waals surface area contributed by atoms with Crippen LogP contribution in [0.2, 0.25) is 0 Å². The largest absolute Gasteiger partial charge is 0.490 e. The van der Waals surface area contributed by atoms with Gasteiger partial charge in [-0.3, -0.25) is 14.9 Å². The van der Waals surface area contributed by atoms with Gasteiger partial charge in [-0.1, -0.05) is 0 Å². The predicted octanol–water partition coefficient (Wildman–Crippen LogP) is 2.40. The molecule has 142 valence electrons. The maximum Gasteiger partial charge on any atom is 0.272 e. The van der Waals surface area contributed by atoms with E-state index in [1.807, 2.05) is 0 Å². The third-order valence-electron chi connectivity index (χ3n) is 4.00. The average molecular weight is 374 g/mol. The summed E-state index contributed by atoms with van der Waals surface area (Å²) < 4.78 is 15.9. The molecule has 27 heavy (non-hydrogen) atoms. The smallest absolute Gasteiger partial charge is 0.272 e. The van der Waals surface area contributed by atoms with Crippen LogP contribution in [0.4, 0.5) is 11.4 Å². The number of rotatable bonds is 6. The Morgan fingerprint density at radius 1 is 1.30 bits per heavy atom. The number of benzene rings is 2. The zero-order valence-electron chi connectivity index (χ0n) is 14.7. The van der Waals surface area contributed by atoms with Gasteiger partial charge in [-0.15, -0.1) is 0 Å². The molecule has 0 saturated carbocycles. The van der Waals surface area contributed by atoms with E-state index in [1.54, 1.807) is 25.1 Å².